The van der Waals surface area contributed by atoms with E-state index < -0.39 is 11.9 Å². The molecule has 0 fully saturated rings. The number of carbonyl (C=O) groups is 2. The second-order valence-corrected chi connectivity index (χ2v) is 7.43. The number of ether oxygens (including phenoxy) is 1. The summed E-state index contributed by atoms with van der Waals surface area (Å²) in [6, 6.07) is 8.65. The standard InChI is InChI=1S/C18H26N2O.C4H4O4/c1-4-10-18(11-12-20(2)3)17-15(9-13-21-18)14-7-5-6-8-16(14)19-17;5-3(6)1-2-4(7)8/h5-8,19H,4,9-13H2,1-3H3;1-2H,(H,5,6)(H,7,8). The van der Waals surface area contributed by atoms with E-state index in [2.05, 4.69) is 55.2 Å². The van der Waals surface area contributed by atoms with Crippen molar-refractivity contribution < 1.29 is 24.5 Å². The van der Waals surface area contributed by atoms with E-state index in [1.54, 1.807) is 0 Å². The van der Waals surface area contributed by atoms with Gasteiger partial charge in [-0.05, 0) is 45.0 Å². The van der Waals surface area contributed by atoms with Crippen LogP contribution in [0.1, 0.15) is 37.4 Å². The molecule has 0 bridgehead atoms. The number of rotatable bonds is 7. The maximum atomic E-state index is 9.55. The van der Waals surface area contributed by atoms with Crippen molar-refractivity contribution in [2.45, 2.75) is 38.2 Å². The summed E-state index contributed by atoms with van der Waals surface area (Å²) in [4.78, 5) is 25.0. The first-order valence-corrected chi connectivity index (χ1v) is 9.81. The van der Waals surface area contributed by atoms with Crippen LogP contribution in [0.3, 0.4) is 0 Å². The molecule has 1 unspecified atom stereocenters. The number of para-hydroxylation sites is 1. The Labute approximate surface area is 171 Å². The van der Waals surface area contributed by atoms with E-state index >= 15 is 0 Å². The lowest BCUT2D eigenvalue weighted by Gasteiger charge is -2.38. The summed E-state index contributed by atoms with van der Waals surface area (Å²) in [5.74, 6) is -2.51. The van der Waals surface area contributed by atoms with Gasteiger partial charge in [-0.2, -0.15) is 0 Å². The Kier molecular flexibility index (Phi) is 7.99. The largest absolute Gasteiger partial charge is 0.478 e. The van der Waals surface area contributed by atoms with Crippen molar-refractivity contribution >= 4 is 22.8 Å². The predicted octanol–water partition coefficient (Wildman–Crippen LogP) is 3.40. The van der Waals surface area contributed by atoms with Gasteiger partial charge in [0.25, 0.3) is 0 Å². The van der Waals surface area contributed by atoms with Crippen LogP contribution in [-0.2, 0) is 26.3 Å². The van der Waals surface area contributed by atoms with Crippen LogP contribution in [-0.4, -0.2) is 59.3 Å². The highest BCUT2D eigenvalue weighted by molar-refractivity contribution is 5.89. The first kappa shape index (κ1) is 22.6. The van der Waals surface area contributed by atoms with Crippen molar-refractivity contribution in [1.29, 1.82) is 0 Å². The predicted molar refractivity (Wildman–Crippen MR) is 112 cm³/mol. The van der Waals surface area contributed by atoms with Crippen LogP contribution in [0.2, 0.25) is 0 Å². The van der Waals surface area contributed by atoms with E-state index in [4.69, 9.17) is 14.9 Å². The Bertz CT molecular complexity index is 855. The molecule has 2 aromatic rings. The molecule has 2 heterocycles. The maximum absolute atomic E-state index is 9.55. The van der Waals surface area contributed by atoms with Gasteiger partial charge in [0, 0.05) is 29.6 Å². The Morgan fingerprint density at radius 3 is 2.41 bits per heavy atom. The third kappa shape index (κ3) is 5.92. The van der Waals surface area contributed by atoms with Gasteiger partial charge in [0.05, 0.1) is 12.3 Å². The number of nitrogens with one attached hydrogen (secondary N) is 1. The molecule has 0 aliphatic carbocycles. The van der Waals surface area contributed by atoms with Gasteiger partial charge in [0.15, 0.2) is 0 Å². The molecule has 1 atom stereocenters. The Morgan fingerprint density at radius 2 is 1.83 bits per heavy atom. The molecule has 0 radical (unpaired) electrons. The Hall–Kier alpha value is -2.64. The number of hydrogen-bond acceptors (Lipinski definition) is 4. The molecule has 29 heavy (non-hydrogen) atoms. The zero-order valence-corrected chi connectivity index (χ0v) is 17.3. The van der Waals surface area contributed by atoms with E-state index in [1.807, 2.05) is 0 Å². The minimum absolute atomic E-state index is 0.133. The van der Waals surface area contributed by atoms with Crippen LogP contribution in [0.4, 0.5) is 0 Å². The molecule has 3 rings (SSSR count). The van der Waals surface area contributed by atoms with Gasteiger partial charge in [0.1, 0.15) is 5.60 Å². The van der Waals surface area contributed by atoms with Crippen LogP contribution in [0.25, 0.3) is 10.9 Å². The number of benzene rings is 1. The monoisotopic (exact) mass is 402 g/mol. The molecule has 158 valence electrons. The summed E-state index contributed by atoms with van der Waals surface area (Å²) in [6.07, 6.45) is 5.41. The number of nitrogens with zero attached hydrogens (tertiary/aromatic N) is 1. The van der Waals surface area contributed by atoms with Gasteiger partial charge in [-0.15, -0.1) is 0 Å². The summed E-state index contributed by atoms with van der Waals surface area (Å²) in [5, 5.41) is 17.0. The number of carboxylic acid groups (broad SMARTS) is 2. The van der Waals surface area contributed by atoms with E-state index in [9.17, 15) is 9.59 Å². The fourth-order valence-corrected chi connectivity index (χ4v) is 3.74. The summed E-state index contributed by atoms with van der Waals surface area (Å²) in [7, 11) is 4.27. The maximum Gasteiger partial charge on any atom is 0.328 e. The first-order valence-electron chi connectivity index (χ1n) is 9.81. The quantitative estimate of drug-likeness (QED) is 0.614. The van der Waals surface area contributed by atoms with Gasteiger partial charge >= 0.3 is 11.9 Å². The lowest BCUT2D eigenvalue weighted by Crippen LogP contribution is -2.38. The van der Waals surface area contributed by atoms with E-state index in [0.29, 0.717) is 12.2 Å². The van der Waals surface area contributed by atoms with E-state index in [-0.39, 0.29) is 5.60 Å². The molecule has 1 aromatic carbocycles. The highest BCUT2D eigenvalue weighted by Crippen LogP contribution is 2.42. The first-order chi connectivity index (χ1) is 13.8. The van der Waals surface area contributed by atoms with Gasteiger partial charge in [0.2, 0.25) is 0 Å². The van der Waals surface area contributed by atoms with Crippen LogP contribution in [0, 0.1) is 0 Å². The topological polar surface area (TPSA) is 103 Å². The summed E-state index contributed by atoms with van der Waals surface area (Å²) < 4.78 is 6.35. The lowest BCUT2D eigenvalue weighted by atomic mass is 9.84. The molecule has 0 amide bonds. The number of carboxylic acids is 2. The van der Waals surface area contributed by atoms with Crippen molar-refractivity contribution in [2.75, 3.05) is 27.2 Å². The van der Waals surface area contributed by atoms with Crippen LogP contribution < -0.4 is 0 Å². The average Bonchev–Trinajstić information content (AvgIpc) is 3.06. The van der Waals surface area contributed by atoms with Gasteiger partial charge in [-0.1, -0.05) is 31.5 Å². The number of fused-ring (bicyclic) bond motifs is 3. The minimum atomic E-state index is -1.26. The molecule has 1 aliphatic rings. The zero-order chi connectivity index (χ0) is 21.4. The second kappa shape index (κ2) is 10.2. The summed E-state index contributed by atoms with van der Waals surface area (Å²) in [6.45, 7) is 4.13. The highest BCUT2D eigenvalue weighted by atomic mass is 16.5. The average molecular weight is 402 g/mol. The van der Waals surface area contributed by atoms with Crippen molar-refractivity contribution in [1.82, 2.24) is 9.88 Å². The van der Waals surface area contributed by atoms with Crippen LogP contribution in [0.5, 0.6) is 0 Å². The Morgan fingerprint density at radius 1 is 1.17 bits per heavy atom. The highest BCUT2D eigenvalue weighted by Gasteiger charge is 2.39. The molecule has 0 saturated heterocycles. The fraction of sp³-hybridized carbons (Fsp3) is 0.455. The molecule has 0 saturated carbocycles. The van der Waals surface area contributed by atoms with E-state index in [1.165, 1.54) is 22.2 Å². The zero-order valence-electron chi connectivity index (χ0n) is 17.3. The van der Waals surface area contributed by atoms with Crippen molar-refractivity contribution in [2.24, 2.45) is 0 Å². The summed E-state index contributed by atoms with van der Waals surface area (Å²) in [5.41, 5.74) is 3.92. The third-order valence-corrected chi connectivity index (χ3v) is 4.98. The number of aromatic nitrogens is 1. The van der Waals surface area contributed by atoms with Crippen molar-refractivity contribution in [3.8, 4) is 0 Å². The molecular weight excluding hydrogens is 372 g/mol. The van der Waals surface area contributed by atoms with Crippen LogP contribution >= 0.6 is 0 Å². The second-order valence-electron chi connectivity index (χ2n) is 7.43. The molecular formula is C22H30N2O5. The SMILES string of the molecule is CCCC1(CCN(C)C)OCCc2c1[nH]c1ccccc21.O=C(O)C=CC(=O)O. The smallest absolute Gasteiger partial charge is 0.328 e. The van der Waals surface area contributed by atoms with E-state index in [0.717, 1.165) is 38.8 Å². The normalized spacial score (nSPS) is 18.5. The lowest BCUT2D eigenvalue weighted by molar-refractivity contribution is -0.134. The molecule has 1 aliphatic heterocycles. The minimum Gasteiger partial charge on any atom is -0.478 e. The number of aliphatic carboxylic acids is 2. The number of H-pyrrole nitrogens is 1. The van der Waals surface area contributed by atoms with Crippen molar-refractivity contribution in [3.05, 3.63) is 47.7 Å². The molecule has 0 spiro atoms. The molecule has 7 heteroatoms. The van der Waals surface area contributed by atoms with Gasteiger partial charge < -0.3 is 24.8 Å². The molecule has 7 nitrogen and oxygen atoms in total. The fourth-order valence-electron chi connectivity index (χ4n) is 3.74. The number of hydrogen-bond donors (Lipinski definition) is 3. The van der Waals surface area contributed by atoms with Crippen LogP contribution in [0.15, 0.2) is 36.4 Å². The van der Waals surface area contributed by atoms with Gasteiger partial charge in [-0.25, -0.2) is 9.59 Å². The third-order valence-electron chi connectivity index (χ3n) is 4.98. The molecule has 3 N–H and O–H groups in total. The van der Waals surface area contributed by atoms with Crippen molar-refractivity contribution in [3.63, 3.8) is 0 Å². The molecule has 1 aromatic heterocycles. The van der Waals surface area contributed by atoms with Gasteiger partial charge in [-0.3, -0.25) is 0 Å². The number of aromatic amines is 1. The Balaban J connectivity index is 0.000000321. The summed E-state index contributed by atoms with van der Waals surface area (Å²) >= 11 is 0.